The largest absolute Gasteiger partial charge is 1.00 e. The third kappa shape index (κ3) is 7.35. The van der Waals surface area contributed by atoms with Crippen molar-refractivity contribution in [2.24, 2.45) is 0 Å². The van der Waals surface area contributed by atoms with Crippen LogP contribution in [0.2, 0.25) is 0 Å². The van der Waals surface area contributed by atoms with Crippen LogP contribution in [0.15, 0.2) is 24.3 Å². The van der Waals surface area contributed by atoms with Gasteiger partial charge in [0.15, 0.2) is 5.85 Å². The van der Waals surface area contributed by atoms with Gasteiger partial charge in [-0.3, -0.25) is 4.57 Å². The summed E-state index contributed by atoms with van der Waals surface area (Å²) in [4.78, 5) is 32.6. The Morgan fingerprint density at radius 3 is 2.31 bits per heavy atom. The molecule has 2 unspecified atom stereocenters. The number of rotatable bonds is 5. The van der Waals surface area contributed by atoms with Crippen molar-refractivity contribution >= 4 is 39.4 Å². The summed E-state index contributed by atoms with van der Waals surface area (Å²) in [7, 11) is -7.39. The minimum atomic E-state index is -4.52. The molecule has 1 aromatic carbocycles. The summed E-state index contributed by atoms with van der Waals surface area (Å²) in [5.41, 5.74) is 0.889. The Bertz CT molecular complexity index is 642. The number of para-hydroxylation sites is 1. The van der Waals surface area contributed by atoms with Gasteiger partial charge in [-0.1, -0.05) is 18.2 Å². The maximum atomic E-state index is 11.3. The molecule has 2 rings (SSSR count). The molecule has 0 fully saturated rings. The molecule has 1 aromatic rings. The zero-order valence-corrected chi connectivity index (χ0v) is 20.0. The van der Waals surface area contributed by atoms with Gasteiger partial charge in [0.05, 0.1) is 0 Å². The molecule has 0 amide bonds. The van der Waals surface area contributed by atoms with E-state index in [9.17, 15) is 19.5 Å². The van der Waals surface area contributed by atoms with Gasteiger partial charge < -0.3 is 21.1 Å². The van der Waals surface area contributed by atoms with Crippen molar-refractivity contribution in [3.05, 3.63) is 29.8 Å². The molecular weight excluding hydrogens is 433 g/mol. The van der Waals surface area contributed by atoms with E-state index >= 15 is 0 Å². The standard InChI is InChI=1S/C13H19O5PS2.Na.HO3P.H/c1-20-13(21-2)8-18-11-6-4-3-5-9(11)10(13)7-12(14)19(15,16)17;;1-4(2)3;/h3-6,10,12,14H,7-8H2,1-2H3,(H2,15,16,17);;(H-,1,2,3);/q;+1;;-1/p+1. The Balaban J connectivity index is 0. The fourth-order valence-corrected chi connectivity index (χ4v) is 5.08. The van der Waals surface area contributed by atoms with E-state index in [1.165, 1.54) is 0 Å². The van der Waals surface area contributed by atoms with Crippen LogP contribution in [0.3, 0.4) is 0 Å². The Labute approximate surface area is 185 Å². The van der Waals surface area contributed by atoms with Gasteiger partial charge in [0.1, 0.15) is 16.4 Å². The number of thioether (sulfide) groups is 2. The fourth-order valence-electron chi connectivity index (χ4n) is 2.56. The molecule has 1 heterocycles. The zero-order valence-electron chi connectivity index (χ0n) is 15.6. The quantitative estimate of drug-likeness (QED) is 0.218. The Hall–Kier alpha value is 0.850. The topological polar surface area (TPSA) is 145 Å². The van der Waals surface area contributed by atoms with Crippen molar-refractivity contribution in [3.63, 3.8) is 0 Å². The molecule has 1 aliphatic heterocycles. The van der Waals surface area contributed by atoms with E-state index in [0.29, 0.717) is 6.61 Å². The molecule has 13 heteroatoms. The van der Waals surface area contributed by atoms with Crippen LogP contribution in [0.5, 0.6) is 5.75 Å². The molecule has 0 spiro atoms. The van der Waals surface area contributed by atoms with Crippen LogP contribution in [-0.4, -0.2) is 53.7 Å². The second-order valence-electron chi connectivity index (χ2n) is 5.16. The zero-order chi connectivity index (χ0) is 19.3. The fraction of sp³-hybridized carbons (Fsp3) is 0.538. The number of benzene rings is 1. The second-order valence-corrected chi connectivity index (χ2v) is 9.97. The van der Waals surface area contributed by atoms with Crippen LogP contribution < -0.4 is 34.3 Å². The predicted molar refractivity (Wildman–Crippen MR) is 100 cm³/mol. The van der Waals surface area contributed by atoms with E-state index in [4.69, 9.17) is 19.1 Å². The van der Waals surface area contributed by atoms with Crippen molar-refractivity contribution < 1.29 is 69.5 Å². The molecule has 2 atom stereocenters. The van der Waals surface area contributed by atoms with Gasteiger partial charge in [-0.05, 0) is 30.6 Å². The van der Waals surface area contributed by atoms with Crippen molar-refractivity contribution in [2.45, 2.75) is 22.3 Å². The van der Waals surface area contributed by atoms with E-state index in [-0.39, 0.29) is 47.4 Å². The van der Waals surface area contributed by atoms with Crippen LogP contribution in [0.1, 0.15) is 19.3 Å². The van der Waals surface area contributed by atoms with Gasteiger partial charge in [-0.2, -0.15) is 0 Å². The van der Waals surface area contributed by atoms with E-state index in [1.807, 2.05) is 36.8 Å². The summed E-state index contributed by atoms with van der Waals surface area (Å²) in [5, 5.41) is 9.86. The van der Waals surface area contributed by atoms with Gasteiger partial charge in [0.2, 0.25) is 0 Å². The Kier molecular flexibility index (Phi) is 12.1. The average molecular weight is 455 g/mol. The summed E-state index contributed by atoms with van der Waals surface area (Å²) < 4.78 is 25.4. The average Bonchev–Trinajstić information content (AvgIpc) is 2.54. The van der Waals surface area contributed by atoms with Gasteiger partial charge in [-0.15, -0.1) is 33.3 Å². The minimum absolute atomic E-state index is 0. The van der Waals surface area contributed by atoms with Crippen molar-refractivity contribution in [1.29, 1.82) is 0 Å². The van der Waals surface area contributed by atoms with Crippen LogP contribution in [0, 0.1) is 0 Å². The summed E-state index contributed by atoms with van der Waals surface area (Å²) in [5.74, 6) is -1.14. The van der Waals surface area contributed by atoms with Gasteiger partial charge in [0, 0.05) is 10.5 Å². The first-order chi connectivity index (χ1) is 11.6. The van der Waals surface area contributed by atoms with Gasteiger partial charge in [-0.25, -0.2) is 0 Å². The third-order valence-electron chi connectivity index (χ3n) is 3.78. The van der Waals surface area contributed by atoms with Crippen molar-refractivity contribution in [2.75, 3.05) is 19.1 Å². The molecule has 0 saturated heterocycles. The van der Waals surface area contributed by atoms with Gasteiger partial charge in [0.25, 0.3) is 0 Å². The summed E-state index contributed by atoms with van der Waals surface area (Å²) >= 11 is 3.18. The van der Waals surface area contributed by atoms with E-state index in [1.54, 1.807) is 23.5 Å². The molecule has 0 aromatic heterocycles. The van der Waals surface area contributed by atoms with E-state index < -0.39 is 21.7 Å². The molecular formula is C13H22NaO8P2S2+. The smallest absolute Gasteiger partial charge is 1.00 e. The monoisotopic (exact) mass is 455 g/mol. The summed E-state index contributed by atoms with van der Waals surface area (Å²) in [6.45, 7) is 0.435. The maximum Gasteiger partial charge on any atom is 1.00 e. The molecule has 144 valence electrons. The van der Waals surface area contributed by atoms with Crippen molar-refractivity contribution in [1.82, 2.24) is 0 Å². The second kappa shape index (κ2) is 11.8. The van der Waals surface area contributed by atoms with E-state index in [0.717, 1.165) is 11.3 Å². The SMILES string of the molecule is CSC1(SC)COc2ccccc2C1CC(O)P(=O)(O)O.O=[P+](O)O.[H-].[Na+]. The number of hydrogen-bond acceptors (Lipinski definition) is 6. The summed E-state index contributed by atoms with van der Waals surface area (Å²) in [6.07, 6.45) is 3.90. The molecule has 1 aliphatic rings. The maximum absolute atomic E-state index is 11.3. The van der Waals surface area contributed by atoms with Crippen LogP contribution >= 0.6 is 39.4 Å². The first-order valence-corrected chi connectivity index (χ1v) is 12.3. The molecule has 0 bridgehead atoms. The first-order valence-electron chi connectivity index (χ1n) is 6.97. The number of ether oxygens (including phenoxy) is 1. The van der Waals surface area contributed by atoms with E-state index in [2.05, 4.69) is 0 Å². The minimum Gasteiger partial charge on any atom is -1.00 e. The molecule has 0 saturated carbocycles. The summed E-state index contributed by atoms with van der Waals surface area (Å²) in [6, 6.07) is 7.47. The van der Waals surface area contributed by atoms with Gasteiger partial charge >= 0.3 is 45.4 Å². The number of fused-ring (bicyclic) bond motifs is 1. The molecule has 0 radical (unpaired) electrons. The molecule has 5 N–H and O–H groups in total. The first kappa shape index (κ1) is 26.9. The normalized spacial score (nSPS) is 19.0. The number of hydrogen-bond donors (Lipinski definition) is 5. The van der Waals surface area contributed by atoms with Crippen LogP contribution in [0.4, 0.5) is 0 Å². The van der Waals surface area contributed by atoms with Crippen LogP contribution in [-0.2, 0) is 9.13 Å². The number of aliphatic hydroxyl groups is 1. The Morgan fingerprint density at radius 1 is 1.35 bits per heavy atom. The number of aliphatic hydroxyl groups excluding tert-OH is 1. The Morgan fingerprint density at radius 2 is 1.85 bits per heavy atom. The third-order valence-corrected chi connectivity index (χ3v) is 7.95. The molecule has 0 aliphatic carbocycles. The predicted octanol–water partition coefficient (Wildman–Crippen LogP) is -0.784. The van der Waals surface area contributed by atoms with Crippen LogP contribution in [0.25, 0.3) is 0 Å². The van der Waals surface area contributed by atoms with Crippen molar-refractivity contribution in [3.8, 4) is 5.75 Å². The molecule has 8 nitrogen and oxygen atoms in total. The molecule has 26 heavy (non-hydrogen) atoms.